The average Bonchev–Trinajstić information content (AvgIpc) is 2.64. The van der Waals surface area contributed by atoms with Gasteiger partial charge in [0, 0.05) is 0 Å². The second-order valence-electron chi connectivity index (χ2n) is 6.88. The van der Waals surface area contributed by atoms with Crippen molar-refractivity contribution in [1.82, 2.24) is 10.6 Å². The van der Waals surface area contributed by atoms with E-state index in [9.17, 15) is 0 Å². The van der Waals surface area contributed by atoms with Gasteiger partial charge in [-0.05, 0) is 0 Å². The molecular weight excluding hydrogens is 391 g/mol. The summed E-state index contributed by atoms with van der Waals surface area (Å²) in [4.78, 5) is 0.674. The predicted molar refractivity (Wildman–Crippen MR) is 111 cm³/mol. The van der Waals surface area contributed by atoms with Gasteiger partial charge < -0.3 is 0 Å². The van der Waals surface area contributed by atoms with E-state index in [1.165, 1.54) is 35.7 Å². The third-order valence-corrected chi connectivity index (χ3v) is 8.41. The molecule has 132 valence electrons. The monoisotopic (exact) mass is 418 g/mol. The van der Waals surface area contributed by atoms with Crippen LogP contribution in [0.2, 0.25) is 4.82 Å². The molecule has 2 atom stereocenters. The normalized spacial score (nSPS) is 23.0. The molecule has 1 fully saturated rings. The van der Waals surface area contributed by atoms with Crippen molar-refractivity contribution in [2.75, 3.05) is 0 Å². The van der Waals surface area contributed by atoms with E-state index in [4.69, 9.17) is 12.2 Å². The zero-order valence-corrected chi connectivity index (χ0v) is 17.2. The van der Waals surface area contributed by atoms with Crippen LogP contribution in [-0.2, 0) is 6.54 Å². The van der Waals surface area contributed by atoms with E-state index in [-0.39, 0.29) is 5.54 Å². The summed E-state index contributed by atoms with van der Waals surface area (Å²) >= 11 is 6.08. The van der Waals surface area contributed by atoms with Gasteiger partial charge in [0.25, 0.3) is 0 Å². The SMILES string of the molecule is C[C@@]1(NC(=S)NCc2ccccc2)CCCC[C@H]1[Se]c1ccccc1. The first-order valence-corrected chi connectivity index (χ1v) is 11.2. The van der Waals surface area contributed by atoms with Gasteiger partial charge in [-0.15, -0.1) is 0 Å². The van der Waals surface area contributed by atoms with Crippen molar-refractivity contribution < 1.29 is 0 Å². The maximum absolute atomic E-state index is 5.61. The van der Waals surface area contributed by atoms with Crippen LogP contribution >= 0.6 is 12.2 Å². The zero-order valence-electron chi connectivity index (χ0n) is 14.7. The van der Waals surface area contributed by atoms with Gasteiger partial charge in [-0.3, -0.25) is 0 Å². The molecule has 0 unspecified atom stereocenters. The standard InChI is InChI=1S/C21H26N2SSe/c1-21(23-20(24)22-16-17-10-4-2-5-11-17)15-9-8-14-19(21)25-18-12-6-3-7-13-18/h2-7,10-13,19H,8-9,14-16H2,1H3,(H2,22,23,24)/t19-,21-/m1/s1. The Kier molecular flexibility index (Phi) is 6.52. The predicted octanol–water partition coefficient (Wildman–Crippen LogP) is 3.80. The molecule has 1 saturated carbocycles. The van der Waals surface area contributed by atoms with Crippen molar-refractivity contribution in [3.05, 3.63) is 66.2 Å². The molecule has 2 aromatic carbocycles. The molecule has 4 heteroatoms. The number of benzene rings is 2. The molecule has 0 aliphatic heterocycles. The van der Waals surface area contributed by atoms with Crippen LogP contribution in [0.5, 0.6) is 0 Å². The third kappa shape index (κ3) is 5.31. The Balaban J connectivity index is 1.60. The van der Waals surface area contributed by atoms with Gasteiger partial charge in [0.15, 0.2) is 0 Å². The van der Waals surface area contributed by atoms with E-state index < -0.39 is 0 Å². The van der Waals surface area contributed by atoms with E-state index in [2.05, 4.69) is 72.2 Å². The fourth-order valence-corrected chi connectivity index (χ4v) is 6.55. The Bertz CT molecular complexity index is 677. The van der Waals surface area contributed by atoms with Crippen molar-refractivity contribution in [3.63, 3.8) is 0 Å². The van der Waals surface area contributed by atoms with Gasteiger partial charge in [0.05, 0.1) is 0 Å². The van der Waals surface area contributed by atoms with Crippen LogP contribution in [0.3, 0.4) is 0 Å². The summed E-state index contributed by atoms with van der Waals surface area (Å²) in [6.45, 7) is 3.13. The van der Waals surface area contributed by atoms with Gasteiger partial charge in [-0.1, -0.05) is 0 Å². The molecule has 0 heterocycles. The van der Waals surface area contributed by atoms with Crippen LogP contribution < -0.4 is 15.1 Å². The number of hydrogen-bond donors (Lipinski definition) is 2. The molecule has 2 N–H and O–H groups in total. The van der Waals surface area contributed by atoms with E-state index in [1.807, 2.05) is 6.07 Å². The van der Waals surface area contributed by atoms with Crippen LogP contribution in [0.1, 0.15) is 38.2 Å². The van der Waals surface area contributed by atoms with E-state index in [0.717, 1.165) is 11.7 Å². The van der Waals surface area contributed by atoms with E-state index in [1.54, 1.807) is 0 Å². The molecule has 0 bridgehead atoms. The van der Waals surface area contributed by atoms with E-state index >= 15 is 0 Å². The van der Waals surface area contributed by atoms with Gasteiger partial charge in [-0.25, -0.2) is 0 Å². The Hall–Kier alpha value is -1.35. The summed E-state index contributed by atoms with van der Waals surface area (Å²) in [6.07, 6.45) is 5.10. The number of nitrogens with one attached hydrogen (secondary N) is 2. The van der Waals surface area contributed by atoms with Crippen LogP contribution in [0, 0.1) is 0 Å². The quantitative estimate of drug-likeness (QED) is 0.572. The first-order chi connectivity index (χ1) is 12.2. The Labute approximate surface area is 163 Å². The van der Waals surface area contributed by atoms with Crippen molar-refractivity contribution in [2.45, 2.75) is 49.5 Å². The van der Waals surface area contributed by atoms with Crippen LogP contribution in [0.25, 0.3) is 0 Å². The number of rotatable bonds is 5. The summed E-state index contributed by atoms with van der Waals surface area (Å²) in [5.41, 5.74) is 1.35. The second-order valence-corrected chi connectivity index (χ2v) is 9.96. The number of hydrogen-bond acceptors (Lipinski definition) is 1. The van der Waals surface area contributed by atoms with Crippen LogP contribution in [0.15, 0.2) is 60.7 Å². The Morgan fingerprint density at radius 1 is 1.08 bits per heavy atom. The second kappa shape index (κ2) is 8.84. The Morgan fingerprint density at radius 3 is 2.48 bits per heavy atom. The summed E-state index contributed by atoms with van der Waals surface area (Å²) in [5.74, 6) is 0. The van der Waals surface area contributed by atoms with E-state index in [0.29, 0.717) is 19.8 Å². The molecule has 0 spiro atoms. The molecule has 0 aromatic heterocycles. The fourth-order valence-electron chi connectivity index (χ4n) is 3.38. The van der Waals surface area contributed by atoms with Crippen LogP contribution in [0.4, 0.5) is 0 Å². The van der Waals surface area contributed by atoms with Crippen molar-refractivity contribution in [1.29, 1.82) is 0 Å². The van der Waals surface area contributed by atoms with Crippen molar-refractivity contribution >= 4 is 36.7 Å². The van der Waals surface area contributed by atoms with Crippen molar-refractivity contribution in [3.8, 4) is 0 Å². The Morgan fingerprint density at radius 2 is 1.76 bits per heavy atom. The van der Waals surface area contributed by atoms with Gasteiger partial charge in [0.1, 0.15) is 0 Å². The molecule has 0 radical (unpaired) electrons. The summed E-state index contributed by atoms with van der Waals surface area (Å²) in [6, 6.07) is 21.3. The molecule has 1 aliphatic carbocycles. The summed E-state index contributed by atoms with van der Waals surface area (Å²) in [5, 5.41) is 7.83. The van der Waals surface area contributed by atoms with Gasteiger partial charge >= 0.3 is 163 Å². The molecule has 2 aromatic rings. The van der Waals surface area contributed by atoms with Crippen LogP contribution in [-0.4, -0.2) is 25.6 Å². The molecule has 0 amide bonds. The molecule has 3 rings (SSSR count). The zero-order chi connectivity index (χ0) is 17.5. The topological polar surface area (TPSA) is 24.1 Å². The molecule has 0 saturated heterocycles. The molecule has 2 nitrogen and oxygen atoms in total. The summed E-state index contributed by atoms with van der Waals surface area (Å²) < 4.78 is 1.48. The minimum atomic E-state index is 0.0921. The first kappa shape index (κ1) is 18.4. The number of thiocarbonyl (C=S) groups is 1. The molecular formula is C21H26N2SSe. The fraction of sp³-hybridized carbons (Fsp3) is 0.381. The van der Waals surface area contributed by atoms with Gasteiger partial charge in [0.2, 0.25) is 0 Å². The molecule has 25 heavy (non-hydrogen) atoms. The first-order valence-electron chi connectivity index (χ1n) is 8.97. The minimum absolute atomic E-state index is 0.0921. The average molecular weight is 417 g/mol. The molecule has 1 aliphatic rings. The van der Waals surface area contributed by atoms with Crippen molar-refractivity contribution in [2.24, 2.45) is 0 Å². The van der Waals surface area contributed by atoms with Gasteiger partial charge in [-0.2, -0.15) is 0 Å². The summed E-state index contributed by atoms with van der Waals surface area (Å²) in [7, 11) is 0. The third-order valence-electron chi connectivity index (χ3n) is 4.84. The maximum atomic E-state index is 5.61.